The van der Waals surface area contributed by atoms with Crippen LogP contribution in [0.4, 0.5) is 0 Å². The molecule has 2 heterocycles. The highest BCUT2D eigenvalue weighted by atomic mass is 16.5. The molecule has 5 nitrogen and oxygen atoms in total. The standard InChI is InChI=1S/C18H23N3O2/c1-13-5-7-15(8-6-13)16-10-17(23-20-16)18(22)21-9-3-4-14(12-21)11-19-2/h5-8,10,14,19H,3-4,9,11-12H2,1-2H3/t14-/m0/s1. The number of hydrogen-bond donors (Lipinski definition) is 1. The number of aryl methyl sites for hydroxylation is 1. The van der Waals surface area contributed by atoms with Crippen LogP contribution < -0.4 is 5.32 Å². The van der Waals surface area contributed by atoms with Crippen LogP contribution in [-0.2, 0) is 0 Å². The second-order valence-corrected chi connectivity index (χ2v) is 6.26. The minimum atomic E-state index is -0.0586. The van der Waals surface area contributed by atoms with Crippen LogP contribution in [0, 0.1) is 12.8 Å². The predicted octanol–water partition coefficient (Wildman–Crippen LogP) is 2.72. The first-order valence-electron chi connectivity index (χ1n) is 8.15. The Hall–Kier alpha value is -2.14. The van der Waals surface area contributed by atoms with Crippen molar-refractivity contribution < 1.29 is 9.32 Å². The van der Waals surface area contributed by atoms with Crippen molar-refractivity contribution in [2.45, 2.75) is 19.8 Å². The Morgan fingerprint density at radius 3 is 2.91 bits per heavy atom. The second-order valence-electron chi connectivity index (χ2n) is 6.26. The Bertz CT molecular complexity index is 661. The van der Waals surface area contributed by atoms with E-state index in [9.17, 15) is 4.79 Å². The average Bonchev–Trinajstić information content (AvgIpc) is 3.05. The van der Waals surface area contributed by atoms with Crippen molar-refractivity contribution in [1.29, 1.82) is 0 Å². The van der Waals surface area contributed by atoms with E-state index in [4.69, 9.17) is 4.52 Å². The van der Waals surface area contributed by atoms with Crippen LogP contribution in [0.3, 0.4) is 0 Å². The van der Waals surface area contributed by atoms with Gasteiger partial charge in [-0.05, 0) is 39.3 Å². The van der Waals surface area contributed by atoms with Crippen LogP contribution in [0.1, 0.15) is 29.0 Å². The summed E-state index contributed by atoms with van der Waals surface area (Å²) in [6, 6.07) is 9.78. The smallest absolute Gasteiger partial charge is 0.292 e. The number of nitrogens with one attached hydrogen (secondary N) is 1. The maximum Gasteiger partial charge on any atom is 0.292 e. The van der Waals surface area contributed by atoms with Crippen molar-refractivity contribution in [3.8, 4) is 11.3 Å². The molecule has 1 aromatic carbocycles. The number of carbonyl (C=O) groups is 1. The van der Waals surface area contributed by atoms with Crippen LogP contribution in [0.25, 0.3) is 11.3 Å². The Morgan fingerprint density at radius 1 is 1.39 bits per heavy atom. The minimum Gasteiger partial charge on any atom is -0.350 e. The van der Waals surface area contributed by atoms with E-state index >= 15 is 0 Å². The first kappa shape index (κ1) is 15.7. The third-order valence-corrected chi connectivity index (χ3v) is 4.37. The van der Waals surface area contributed by atoms with E-state index in [1.54, 1.807) is 6.07 Å². The van der Waals surface area contributed by atoms with Crippen LogP contribution >= 0.6 is 0 Å². The fourth-order valence-corrected chi connectivity index (χ4v) is 3.10. The first-order chi connectivity index (χ1) is 11.2. The fourth-order valence-electron chi connectivity index (χ4n) is 3.10. The molecule has 0 unspecified atom stereocenters. The molecule has 1 aromatic heterocycles. The zero-order valence-corrected chi connectivity index (χ0v) is 13.7. The number of likely N-dealkylation sites (tertiary alicyclic amines) is 1. The fraction of sp³-hybridized carbons (Fsp3) is 0.444. The number of aromatic nitrogens is 1. The van der Waals surface area contributed by atoms with Gasteiger partial charge in [-0.15, -0.1) is 0 Å². The van der Waals surface area contributed by atoms with Gasteiger partial charge < -0.3 is 14.7 Å². The molecule has 23 heavy (non-hydrogen) atoms. The van der Waals surface area contributed by atoms with Crippen molar-refractivity contribution in [2.24, 2.45) is 5.92 Å². The number of benzene rings is 1. The topological polar surface area (TPSA) is 58.4 Å². The lowest BCUT2D eigenvalue weighted by molar-refractivity contribution is 0.0632. The van der Waals surface area contributed by atoms with Gasteiger partial charge in [0.25, 0.3) is 5.91 Å². The van der Waals surface area contributed by atoms with Crippen molar-refractivity contribution in [1.82, 2.24) is 15.4 Å². The summed E-state index contributed by atoms with van der Waals surface area (Å²) in [5.41, 5.74) is 2.86. The molecule has 0 saturated carbocycles. The van der Waals surface area contributed by atoms with Gasteiger partial charge in [0.2, 0.25) is 5.76 Å². The number of hydrogen-bond acceptors (Lipinski definition) is 4. The van der Waals surface area contributed by atoms with E-state index in [1.165, 1.54) is 5.56 Å². The largest absolute Gasteiger partial charge is 0.350 e. The number of amides is 1. The summed E-state index contributed by atoms with van der Waals surface area (Å²) in [6.45, 7) is 4.55. The maximum absolute atomic E-state index is 12.6. The van der Waals surface area contributed by atoms with Crippen LogP contribution in [-0.4, -0.2) is 42.6 Å². The quantitative estimate of drug-likeness (QED) is 0.943. The third kappa shape index (κ3) is 3.62. The molecule has 0 bridgehead atoms. The molecule has 2 aromatic rings. The van der Waals surface area contributed by atoms with Gasteiger partial charge in [0, 0.05) is 24.7 Å². The van der Waals surface area contributed by atoms with Gasteiger partial charge in [0.1, 0.15) is 5.69 Å². The van der Waals surface area contributed by atoms with Gasteiger partial charge in [0.05, 0.1) is 0 Å². The molecule has 1 saturated heterocycles. The van der Waals surface area contributed by atoms with Gasteiger partial charge in [-0.25, -0.2) is 0 Å². The highest BCUT2D eigenvalue weighted by molar-refractivity contribution is 5.92. The monoisotopic (exact) mass is 313 g/mol. The van der Waals surface area contributed by atoms with E-state index in [0.717, 1.165) is 38.0 Å². The number of piperidine rings is 1. The van der Waals surface area contributed by atoms with Crippen molar-refractivity contribution in [3.63, 3.8) is 0 Å². The normalized spacial score (nSPS) is 18.2. The van der Waals surface area contributed by atoms with Crippen molar-refractivity contribution in [2.75, 3.05) is 26.7 Å². The van der Waals surface area contributed by atoms with E-state index in [1.807, 2.05) is 43.1 Å². The Labute approximate surface area is 136 Å². The van der Waals surface area contributed by atoms with Gasteiger partial charge >= 0.3 is 0 Å². The van der Waals surface area contributed by atoms with Gasteiger partial charge in [-0.3, -0.25) is 4.79 Å². The molecule has 0 aliphatic carbocycles. The highest BCUT2D eigenvalue weighted by Crippen LogP contribution is 2.22. The molecule has 1 amide bonds. The minimum absolute atomic E-state index is 0.0586. The predicted molar refractivity (Wildman–Crippen MR) is 89.2 cm³/mol. The van der Waals surface area contributed by atoms with Crippen LogP contribution in [0.5, 0.6) is 0 Å². The first-order valence-corrected chi connectivity index (χ1v) is 8.15. The molecular formula is C18H23N3O2. The molecular weight excluding hydrogens is 290 g/mol. The Balaban J connectivity index is 1.72. The summed E-state index contributed by atoms with van der Waals surface area (Å²) < 4.78 is 5.30. The molecule has 1 aliphatic rings. The lowest BCUT2D eigenvalue weighted by atomic mass is 9.98. The zero-order valence-electron chi connectivity index (χ0n) is 13.7. The second kappa shape index (κ2) is 6.96. The van der Waals surface area contributed by atoms with Crippen LogP contribution in [0.15, 0.2) is 34.9 Å². The summed E-state index contributed by atoms with van der Waals surface area (Å²) in [7, 11) is 1.95. The molecule has 1 aliphatic heterocycles. The lowest BCUT2D eigenvalue weighted by Gasteiger charge is -2.31. The Kier molecular flexibility index (Phi) is 4.76. The number of nitrogens with zero attached hydrogens (tertiary/aromatic N) is 2. The van der Waals surface area contributed by atoms with Gasteiger partial charge in [0.15, 0.2) is 0 Å². The van der Waals surface area contributed by atoms with Gasteiger partial charge in [-0.2, -0.15) is 0 Å². The summed E-state index contributed by atoms with van der Waals surface area (Å²) in [5, 5.41) is 7.25. The summed E-state index contributed by atoms with van der Waals surface area (Å²) >= 11 is 0. The molecule has 1 fully saturated rings. The summed E-state index contributed by atoms with van der Waals surface area (Å²) in [5.74, 6) is 0.777. The molecule has 5 heteroatoms. The van der Waals surface area contributed by atoms with E-state index in [2.05, 4.69) is 10.5 Å². The molecule has 1 N–H and O–H groups in total. The SMILES string of the molecule is CNC[C@@H]1CCCN(C(=O)c2cc(-c3ccc(C)cc3)no2)C1. The van der Waals surface area contributed by atoms with E-state index < -0.39 is 0 Å². The highest BCUT2D eigenvalue weighted by Gasteiger charge is 2.26. The van der Waals surface area contributed by atoms with Gasteiger partial charge in [-0.1, -0.05) is 35.0 Å². The van der Waals surface area contributed by atoms with E-state index in [-0.39, 0.29) is 5.91 Å². The van der Waals surface area contributed by atoms with Crippen LogP contribution in [0.2, 0.25) is 0 Å². The molecule has 0 spiro atoms. The lowest BCUT2D eigenvalue weighted by Crippen LogP contribution is -2.42. The number of rotatable bonds is 4. The third-order valence-electron chi connectivity index (χ3n) is 4.37. The molecule has 1 atom stereocenters. The van der Waals surface area contributed by atoms with E-state index in [0.29, 0.717) is 17.4 Å². The Morgan fingerprint density at radius 2 is 2.17 bits per heavy atom. The summed E-state index contributed by atoms with van der Waals surface area (Å²) in [6.07, 6.45) is 2.20. The average molecular weight is 313 g/mol. The maximum atomic E-state index is 12.6. The summed E-state index contributed by atoms with van der Waals surface area (Å²) in [4.78, 5) is 14.5. The van der Waals surface area contributed by atoms with Crippen molar-refractivity contribution >= 4 is 5.91 Å². The number of carbonyl (C=O) groups excluding carboxylic acids is 1. The zero-order chi connectivity index (χ0) is 16.2. The van der Waals surface area contributed by atoms with Crippen molar-refractivity contribution in [3.05, 3.63) is 41.7 Å². The molecule has 122 valence electrons. The molecule has 3 rings (SSSR count). The molecule has 0 radical (unpaired) electrons.